The van der Waals surface area contributed by atoms with Crippen LogP contribution in [0.5, 0.6) is 0 Å². The maximum absolute atomic E-state index is 13.1. The van der Waals surface area contributed by atoms with Crippen molar-refractivity contribution >= 4 is 6.09 Å². The van der Waals surface area contributed by atoms with Gasteiger partial charge in [-0.3, -0.25) is 14.3 Å². The van der Waals surface area contributed by atoms with Crippen molar-refractivity contribution in [2.75, 3.05) is 19.8 Å². The molecule has 2 rings (SSSR count). The number of ether oxygens (including phenoxy) is 3. The van der Waals surface area contributed by atoms with E-state index in [0.29, 0.717) is 17.3 Å². The number of aromatic amines is 1. The van der Waals surface area contributed by atoms with Crippen LogP contribution in [0.3, 0.4) is 0 Å². The number of H-pyrrole nitrogens is 1. The molecule has 196 valence electrons. The highest BCUT2D eigenvalue weighted by Crippen LogP contribution is 2.32. The maximum atomic E-state index is 13.1. The SMILES string of the molecule is C#CCO[C@H]1C[C@H](n2cc(C(F)(F)F)c(=O)[nH]c2=O)O[C@@H]1COC(=O)NCCCCCCCCC. The summed E-state index contributed by atoms with van der Waals surface area (Å²) < 4.78 is 56.3. The Morgan fingerprint density at radius 1 is 1.26 bits per heavy atom. The van der Waals surface area contributed by atoms with Crippen molar-refractivity contribution < 1.29 is 32.2 Å². The molecule has 0 aliphatic carbocycles. The molecule has 12 heteroatoms. The van der Waals surface area contributed by atoms with Crippen LogP contribution < -0.4 is 16.6 Å². The van der Waals surface area contributed by atoms with Gasteiger partial charge in [-0.15, -0.1) is 6.42 Å². The maximum Gasteiger partial charge on any atom is 0.423 e. The minimum Gasteiger partial charge on any atom is -0.447 e. The van der Waals surface area contributed by atoms with E-state index in [2.05, 4.69) is 18.2 Å². The zero-order valence-electron chi connectivity index (χ0n) is 19.7. The Balaban J connectivity index is 1.92. The number of carbonyl (C=O) groups is 1. The lowest BCUT2D eigenvalue weighted by molar-refractivity contribution is -0.139. The Labute approximate surface area is 201 Å². The molecule has 9 nitrogen and oxygen atoms in total. The van der Waals surface area contributed by atoms with Crippen LogP contribution in [0.15, 0.2) is 15.8 Å². The van der Waals surface area contributed by atoms with Crippen LogP contribution in [0, 0.1) is 12.3 Å². The van der Waals surface area contributed by atoms with E-state index in [1.807, 2.05) is 0 Å². The molecule has 0 unspecified atom stereocenters. The number of rotatable bonds is 13. The van der Waals surface area contributed by atoms with Crippen LogP contribution in [-0.2, 0) is 20.4 Å². The van der Waals surface area contributed by atoms with Crippen molar-refractivity contribution in [3.8, 4) is 12.3 Å². The molecule has 1 aromatic rings. The predicted molar refractivity (Wildman–Crippen MR) is 121 cm³/mol. The summed E-state index contributed by atoms with van der Waals surface area (Å²) in [5.74, 6) is 2.28. The highest BCUT2D eigenvalue weighted by Gasteiger charge is 2.40. The van der Waals surface area contributed by atoms with Crippen LogP contribution in [0.1, 0.15) is 70.1 Å². The van der Waals surface area contributed by atoms with Gasteiger partial charge in [-0.05, 0) is 6.42 Å². The number of alkyl halides is 3. The molecular weight excluding hydrogens is 471 g/mol. The zero-order chi connectivity index (χ0) is 25.8. The van der Waals surface area contributed by atoms with Gasteiger partial charge in [0.25, 0.3) is 5.56 Å². The molecule has 1 aliphatic rings. The van der Waals surface area contributed by atoms with Crippen molar-refractivity contribution in [2.24, 2.45) is 0 Å². The second-order valence-electron chi connectivity index (χ2n) is 8.27. The summed E-state index contributed by atoms with van der Waals surface area (Å²) in [4.78, 5) is 37.3. The van der Waals surface area contributed by atoms with Gasteiger partial charge in [0.15, 0.2) is 0 Å². The highest BCUT2D eigenvalue weighted by molar-refractivity contribution is 5.67. The number of amides is 1. The number of terminal acetylenes is 1. The van der Waals surface area contributed by atoms with Gasteiger partial charge in [-0.1, -0.05) is 51.4 Å². The summed E-state index contributed by atoms with van der Waals surface area (Å²) in [7, 11) is 0. The standard InChI is InChI=1S/C23H32F3N3O6/c1-3-5-6-7-8-9-10-11-27-22(32)34-15-18-17(33-12-4-2)13-19(35-18)29-14-16(23(24,25)26)20(30)28-21(29)31/h2,14,17-19H,3,5-13,15H2,1H3,(H,27,32)(H,28,30,31)/t17-,18+,19+/m0/s1. The van der Waals surface area contributed by atoms with E-state index in [0.717, 1.165) is 19.3 Å². The molecule has 1 fully saturated rings. The molecule has 1 saturated heterocycles. The number of aromatic nitrogens is 2. The molecule has 2 heterocycles. The third-order valence-corrected chi connectivity index (χ3v) is 5.57. The summed E-state index contributed by atoms with van der Waals surface area (Å²) in [6.45, 7) is 2.22. The quantitative estimate of drug-likeness (QED) is 0.316. The van der Waals surface area contributed by atoms with E-state index in [9.17, 15) is 27.6 Å². The molecule has 1 aliphatic heterocycles. The van der Waals surface area contributed by atoms with Crippen molar-refractivity contribution in [2.45, 2.75) is 82.9 Å². The van der Waals surface area contributed by atoms with E-state index < -0.39 is 47.5 Å². The van der Waals surface area contributed by atoms with Crippen LogP contribution >= 0.6 is 0 Å². The number of nitrogens with zero attached hydrogens (tertiary/aromatic N) is 1. The van der Waals surface area contributed by atoms with Crippen LogP contribution in [0.4, 0.5) is 18.0 Å². The summed E-state index contributed by atoms with van der Waals surface area (Å²) in [6.07, 6.45) is 4.81. The number of unbranched alkanes of at least 4 members (excludes halogenated alkanes) is 6. The summed E-state index contributed by atoms with van der Waals surface area (Å²) in [6, 6.07) is 0. The second kappa shape index (κ2) is 13.9. The minimum atomic E-state index is -4.96. The van der Waals surface area contributed by atoms with Gasteiger partial charge < -0.3 is 19.5 Å². The third kappa shape index (κ3) is 9.07. The van der Waals surface area contributed by atoms with Gasteiger partial charge in [0, 0.05) is 19.2 Å². The normalized spacial score (nSPS) is 19.9. The number of halogens is 3. The Kier molecular flexibility index (Phi) is 11.3. The van der Waals surface area contributed by atoms with Gasteiger partial charge in [-0.2, -0.15) is 13.2 Å². The molecule has 0 saturated carbocycles. The van der Waals surface area contributed by atoms with Gasteiger partial charge in [0.2, 0.25) is 0 Å². The zero-order valence-corrected chi connectivity index (χ0v) is 19.7. The molecule has 2 N–H and O–H groups in total. The first kappa shape index (κ1) is 28.5. The molecule has 1 amide bonds. The largest absolute Gasteiger partial charge is 0.447 e. The molecule has 3 atom stereocenters. The van der Waals surface area contributed by atoms with E-state index in [4.69, 9.17) is 20.6 Å². The van der Waals surface area contributed by atoms with Gasteiger partial charge >= 0.3 is 18.0 Å². The van der Waals surface area contributed by atoms with Crippen molar-refractivity contribution in [3.05, 3.63) is 32.6 Å². The summed E-state index contributed by atoms with van der Waals surface area (Å²) in [5.41, 5.74) is -4.15. The van der Waals surface area contributed by atoms with Crippen molar-refractivity contribution in [1.82, 2.24) is 14.9 Å². The number of nitrogens with one attached hydrogen (secondary N) is 2. The van der Waals surface area contributed by atoms with Gasteiger partial charge in [-0.25, -0.2) is 9.59 Å². The van der Waals surface area contributed by atoms with Crippen LogP contribution in [0.25, 0.3) is 0 Å². The lowest BCUT2D eigenvalue weighted by Crippen LogP contribution is -2.36. The fourth-order valence-electron chi connectivity index (χ4n) is 3.73. The molecule has 1 aromatic heterocycles. The fraction of sp³-hybridized carbons (Fsp3) is 0.696. The van der Waals surface area contributed by atoms with Crippen molar-refractivity contribution in [1.29, 1.82) is 0 Å². The number of alkyl carbamates (subject to hydrolysis) is 1. The lowest BCUT2D eigenvalue weighted by atomic mass is 10.1. The summed E-state index contributed by atoms with van der Waals surface area (Å²) >= 11 is 0. The van der Waals surface area contributed by atoms with Crippen molar-refractivity contribution in [3.63, 3.8) is 0 Å². The van der Waals surface area contributed by atoms with E-state index >= 15 is 0 Å². The Bertz CT molecular complexity index is 969. The first-order chi connectivity index (χ1) is 16.7. The Morgan fingerprint density at radius 2 is 1.94 bits per heavy atom. The first-order valence-electron chi connectivity index (χ1n) is 11.7. The average molecular weight is 504 g/mol. The van der Waals surface area contributed by atoms with Gasteiger partial charge in [0.1, 0.15) is 31.1 Å². The number of carbonyl (C=O) groups excluding carboxylic acids is 1. The number of hydrogen-bond donors (Lipinski definition) is 2. The Morgan fingerprint density at radius 3 is 2.60 bits per heavy atom. The van der Waals surface area contributed by atoms with Gasteiger partial charge in [0.05, 0.1) is 6.10 Å². The molecule has 0 spiro atoms. The molecule has 0 bridgehead atoms. The number of hydrogen-bond acceptors (Lipinski definition) is 6. The monoisotopic (exact) mass is 503 g/mol. The fourth-order valence-corrected chi connectivity index (χ4v) is 3.73. The molecular formula is C23H32F3N3O6. The van der Waals surface area contributed by atoms with E-state index in [1.165, 1.54) is 25.7 Å². The smallest absolute Gasteiger partial charge is 0.423 e. The predicted octanol–water partition coefficient (Wildman–Crippen LogP) is 3.34. The van der Waals surface area contributed by atoms with E-state index in [-0.39, 0.29) is 19.6 Å². The van der Waals surface area contributed by atoms with E-state index in [1.54, 1.807) is 4.98 Å². The van der Waals surface area contributed by atoms with Crippen LogP contribution in [-0.4, -0.2) is 47.6 Å². The molecule has 0 aromatic carbocycles. The molecule has 35 heavy (non-hydrogen) atoms. The molecule has 0 radical (unpaired) electrons. The lowest BCUT2D eigenvalue weighted by Gasteiger charge is -2.18. The topological polar surface area (TPSA) is 112 Å². The summed E-state index contributed by atoms with van der Waals surface area (Å²) in [5, 5.41) is 2.64. The minimum absolute atomic E-state index is 0.0431. The second-order valence-corrected chi connectivity index (χ2v) is 8.27. The third-order valence-electron chi connectivity index (χ3n) is 5.57. The Hall–Kier alpha value is -2.78. The first-order valence-corrected chi connectivity index (χ1v) is 11.7. The highest BCUT2D eigenvalue weighted by atomic mass is 19.4. The average Bonchev–Trinajstić information content (AvgIpc) is 3.19. The van der Waals surface area contributed by atoms with Crippen LogP contribution in [0.2, 0.25) is 0 Å².